The molecule has 0 fully saturated rings. The Morgan fingerprint density at radius 3 is 2.03 bits per heavy atom. The maximum absolute atomic E-state index is 8.59. The van der Waals surface area contributed by atoms with Crippen molar-refractivity contribution >= 4 is 39.0 Å². The summed E-state index contributed by atoms with van der Waals surface area (Å²) >= 11 is 0. The van der Waals surface area contributed by atoms with Crippen molar-refractivity contribution in [2.45, 2.75) is 0 Å². The summed E-state index contributed by atoms with van der Waals surface area (Å²) in [7, 11) is 0. The highest BCUT2D eigenvalue weighted by Gasteiger charge is 2.19. The Morgan fingerprint density at radius 1 is 0.500 bits per heavy atom. The topological polar surface area (TPSA) is 73.5 Å². The number of hydrogen-bond acceptors (Lipinski definition) is 4. The molecule has 0 amide bonds. The first kappa shape index (κ1) is 22.0. The molecule has 0 saturated carbocycles. The lowest BCUT2D eigenvalue weighted by Gasteiger charge is -2.16. The molecule has 1 heterocycles. The van der Waals surface area contributed by atoms with Gasteiger partial charge < -0.3 is 0 Å². The van der Waals surface area contributed by atoms with Gasteiger partial charge in [-0.2, -0.15) is 0 Å². The standard InChI is InChI=1S/C34H22N4/c35-29-17-16-24-13-11-22-12-15-27(19-28(22)32(24)33(29)36)34-37-30(23-7-2-1-3-8-23)20-31(38-34)26-14-10-21-6-4-5-9-25(21)18-26/h1-20,35-36H. The van der Waals surface area contributed by atoms with Crippen molar-refractivity contribution in [1.29, 1.82) is 10.8 Å². The number of rotatable bonds is 3. The monoisotopic (exact) mass is 486 g/mol. The summed E-state index contributed by atoms with van der Waals surface area (Å²) in [4.78, 5) is 10.0. The number of allylic oxidation sites excluding steroid dienone is 1. The van der Waals surface area contributed by atoms with Gasteiger partial charge in [0.1, 0.15) is 0 Å². The van der Waals surface area contributed by atoms with Crippen LogP contribution in [0.25, 0.3) is 61.5 Å². The third kappa shape index (κ3) is 3.71. The summed E-state index contributed by atoms with van der Waals surface area (Å²) in [5.41, 5.74) is 6.83. The van der Waals surface area contributed by atoms with Crippen molar-refractivity contribution in [3.8, 4) is 33.9 Å². The van der Waals surface area contributed by atoms with Gasteiger partial charge in [-0.25, -0.2) is 9.97 Å². The molecule has 0 radical (unpaired) electrons. The fraction of sp³-hybridized carbons (Fsp3) is 0. The molecule has 178 valence electrons. The maximum Gasteiger partial charge on any atom is 0.160 e. The van der Waals surface area contributed by atoms with E-state index in [0.29, 0.717) is 5.82 Å². The van der Waals surface area contributed by atoms with Gasteiger partial charge in [-0.05, 0) is 51.4 Å². The number of hydrogen-bond donors (Lipinski definition) is 2. The van der Waals surface area contributed by atoms with Crippen LogP contribution in [0.4, 0.5) is 0 Å². The van der Waals surface area contributed by atoms with E-state index in [0.717, 1.165) is 55.4 Å². The van der Waals surface area contributed by atoms with Crippen LogP contribution in [0.2, 0.25) is 0 Å². The Kier molecular flexibility index (Phi) is 5.05. The highest BCUT2D eigenvalue weighted by atomic mass is 14.9. The average molecular weight is 487 g/mol. The quantitative estimate of drug-likeness (QED) is 0.265. The summed E-state index contributed by atoms with van der Waals surface area (Å²) in [6.07, 6.45) is 3.59. The second-order valence-corrected chi connectivity index (χ2v) is 9.48. The molecular formula is C34H22N4. The molecule has 5 aromatic carbocycles. The van der Waals surface area contributed by atoms with Crippen molar-refractivity contribution < 1.29 is 0 Å². The van der Waals surface area contributed by atoms with Gasteiger partial charge in [-0.3, -0.25) is 10.8 Å². The first-order valence-corrected chi connectivity index (χ1v) is 12.5. The fourth-order valence-electron chi connectivity index (χ4n) is 5.11. The van der Waals surface area contributed by atoms with Crippen molar-refractivity contribution in [3.63, 3.8) is 0 Å². The molecule has 1 aromatic heterocycles. The third-order valence-corrected chi connectivity index (χ3v) is 7.10. The predicted molar refractivity (Wildman–Crippen MR) is 157 cm³/mol. The molecule has 1 aliphatic carbocycles. The minimum atomic E-state index is 0.219. The Bertz CT molecular complexity index is 1950. The van der Waals surface area contributed by atoms with Gasteiger partial charge in [0.2, 0.25) is 0 Å². The predicted octanol–water partition coefficient (Wildman–Crippen LogP) is 8.20. The largest absolute Gasteiger partial charge is 0.299 e. The normalized spacial score (nSPS) is 12.7. The number of fused-ring (bicyclic) bond motifs is 4. The van der Waals surface area contributed by atoms with Crippen LogP contribution < -0.4 is 0 Å². The molecule has 0 saturated heterocycles. The van der Waals surface area contributed by atoms with E-state index < -0.39 is 0 Å². The molecule has 0 bridgehead atoms. The van der Waals surface area contributed by atoms with Gasteiger partial charge in [0.25, 0.3) is 0 Å². The molecule has 7 rings (SSSR count). The zero-order valence-corrected chi connectivity index (χ0v) is 20.4. The summed E-state index contributed by atoms with van der Waals surface area (Å²) in [5, 5.41) is 21.1. The average Bonchev–Trinajstić information content (AvgIpc) is 2.98. The lowest BCUT2D eigenvalue weighted by Crippen LogP contribution is -2.16. The van der Waals surface area contributed by atoms with Crippen LogP contribution in [-0.4, -0.2) is 21.4 Å². The van der Waals surface area contributed by atoms with Gasteiger partial charge >= 0.3 is 0 Å². The molecule has 4 nitrogen and oxygen atoms in total. The van der Waals surface area contributed by atoms with Crippen molar-refractivity contribution in [3.05, 3.63) is 126 Å². The SMILES string of the molecule is N=C1C=Cc2ccc3ccc(-c4nc(-c5ccccc5)cc(-c5ccc6ccccc6c5)n4)cc3c2C1=N. The van der Waals surface area contributed by atoms with Crippen LogP contribution >= 0.6 is 0 Å². The lowest BCUT2D eigenvalue weighted by atomic mass is 9.88. The van der Waals surface area contributed by atoms with Crippen molar-refractivity contribution in [1.82, 2.24) is 9.97 Å². The molecule has 0 atom stereocenters. The molecule has 0 spiro atoms. The van der Waals surface area contributed by atoms with E-state index in [1.165, 1.54) is 5.39 Å². The Balaban J connectivity index is 1.45. The molecule has 1 aliphatic rings. The second kappa shape index (κ2) is 8.71. The zero-order valence-electron chi connectivity index (χ0n) is 20.4. The summed E-state index contributed by atoms with van der Waals surface area (Å²) in [6.45, 7) is 0. The van der Waals surface area contributed by atoms with Gasteiger partial charge in [-0.15, -0.1) is 0 Å². The molecule has 4 heteroatoms. The minimum absolute atomic E-state index is 0.219. The van der Waals surface area contributed by atoms with Gasteiger partial charge in [0, 0.05) is 22.3 Å². The Morgan fingerprint density at radius 2 is 1.18 bits per heavy atom. The van der Waals surface area contributed by atoms with Crippen LogP contribution in [-0.2, 0) is 0 Å². The van der Waals surface area contributed by atoms with Crippen LogP contribution in [0.1, 0.15) is 11.1 Å². The van der Waals surface area contributed by atoms with Gasteiger partial charge in [0.05, 0.1) is 22.8 Å². The van der Waals surface area contributed by atoms with Gasteiger partial charge in [-0.1, -0.05) is 97.1 Å². The molecule has 6 aromatic rings. The number of nitrogens with one attached hydrogen (secondary N) is 2. The van der Waals surface area contributed by atoms with E-state index in [4.69, 9.17) is 20.8 Å². The summed E-state index contributed by atoms with van der Waals surface area (Å²) in [6, 6.07) is 37.2. The van der Waals surface area contributed by atoms with Crippen LogP contribution in [0.3, 0.4) is 0 Å². The minimum Gasteiger partial charge on any atom is -0.299 e. The van der Waals surface area contributed by atoms with Crippen LogP contribution in [0.5, 0.6) is 0 Å². The molecule has 38 heavy (non-hydrogen) atoms. The van der Waals surface area contributed by atoms with Crippen molar-refractivity contribution in [2.75, 3.05) is 0 Å². The molecule has 0 aliphatic heterocycles. The van der Waals surface area contributed by atoms with E-state index in [1.54, 1.807) is 6.08 Å². The second-order valence-electron chi connectivity index (χ2n) is 9.48. The summed E-state index contributed by atoms with van der Waals surface area (Å²) in [5.74, 6) is 0.627. The van der Waals surface area contributed by atoms with E-state index >= 15 is 0 Å². The lowest BCUT2D eigenvalue weighted by molar-refractivity contribution is 1.18. The number of benzene rings is 5. The van der Waals surface area contributed by atoms with Crippen LogP contribution in [0.15, 0.2) is 115 Å². The highest BCUT2D eigenvalue weighted by molar-refractivity contribution is 6.53. The maximum atomic E-state index is 8.59. The smallest absolute Gasteiger partial charge is 0.160 e. The fourth-order valence-corrected chi connectivity index (χ4v) is 5.11. The van der Waals surface area contributed by atoms with Gasteiger partial charge in [0.15, 0.2) is 5.82 Å². The molecule has 2 N–H and O–H groups in total. The van der Waals surface area contributed by atoms with E-state index in [9.17, 15) is 0 Å². The zero-order chi connectivity index (χ0) is 25.6. The van der Waals surface area contributed by atoms with E-state index in [1.807, 2.05) is 48.5 Å². The van der Waals surface area contributed by atoms with Crippen molar-refractivity contribution in [2.24, 2.45) is 0 Å². The van der Waals surface area contributed by atoms with E-state index in [2.05, 4.69) is 66.7 Å². The van der Waals surface area contributed by atoms with E-state index in [-0.39, 0.29) is 11.4 Å². The highest BCUT2D eigenvalue weighted by Crippen LogP contribution is 2.33. The number of aromatic nitrogens is 2. The Hall–Kier alpha value is -5.22. The first-order chi connectivity index (χ1) is 18.6. The summed E-state index contributed by atoms with van der Waals surface area (Å²) < 4.78 is 0. The Labute approximate surface area is 220 Å². The molecule has 0 unspecified atom stereocenters. The third-order valence-electron chi connectivity index (χ3n) is 7.10. The first-order valence-electron chi connectivity index (χ1n) is 12.5. The van der Waals surface area contributed by atoms with Crippen LogP contribution in [0, 0.1) is 10.8 Å². The molecular weight excluding hydrogens is 464 g/mol. The number of nitrogens with zero attached hydrogens (tertiary/aromatic N) is 2.